The lowest BCUT2D eigenvalue weighted by Gasteiger charge is -2.32. The second-order valence-corrected chi connectivity index (χ2v) is 10.1. The molecule has 0 unspecified atom stereocenters. The summed E-state index contributed by atoms with van der Waals surface area (Å²) in [5.41, 5.74) is 4.34. The largest absolute Gasteiger partial charge is 0.494 e. The number of ether oxygens (including phenoxy) is 1. The zero-order valence-corrected chi connectivity index (χ0v) is 22.6. The van der Waals surface area contributed by atoms with Crippen molar-refractivity contribution >= 4 is 11.8 Å². The van der Waals surface area contributed by atoms with E-state index < -0.39 is 6.04 Å². The van der Waals surface area contributed by atoms with Gasteiger partial charge in [-0.3, -0.25) is 9.59 Å². The standard InChI is InChI=1S/C32H40N2O3/c1-24(2)22-33-32(36)30(21-27-12-6-5-7-13-27)34(23-28-14-9-8-11-26(28)4)31(35)15-10-20-37-29-18-16-25(3)17-19-29/h5-9,11-14,16-19,24,30H,10,15,20-23H2,1-4H3,(H,33,36)/t30-/m0/s1. The van der Waals surface area contributed by atoms with Gasteiger partial charge >= 0.3 is 0 Å². The van der Waals surface area contributed by atoms with Crippen LogP contribution in [0.1, 0.15) is 48.9 Å². The van der Waals surface area contributed by atoms with Crippen molar-refractivity contribution in [2.45, 2.75) is 59.5 Å². The van der Waals surface area contributed by atoms with E-state index in [0.29, 0.717) is 44.9 Å². The number of aryl methyl sites for hydroxylation is 2. The van der Waals surface area contributed by atoms with E-state index in [4.69, 9.17) is 4.74 Å². The molecule has 0 radical (unpaired) electrons. The summed E-state index contributed by atoms with van der Waals surface area (Å²) in [6.07, 6.45) is 1.34. The summed E-state index contributed by atoms with van der Waals surface area (Å²) in [4.78, 5) is 28.9. The van der Waals surface area contributed by atoms with Gasteiger partial charge in [0.15, 0.2) is 0 Å². The minimum atomic E-state index is -0.605. The molecule has 1 atom stereocenters. The van der Waals surface area contributed by atoms with Gasteiger partial charge in [-0.15, -0.1) is 0 Å². The topological polar surface area (TPSA) is 58.6 Å². The van der Waals surface area contributed by atoms with E-state index in [-0.39, 0.29) is 11.8 Å². The lowest BCUT2D eigenvalue weighted by Crippen LogP contribution is -2.51. The molecule has 0 saturated heterocycles. The van der Waals surface area contributed by atoms with Gasteiger partial charge in [-0.05, 0) is 55.0 Å². The predicted octanol–water partition coefficient (Wildman–Crippen LogP) is 5.87. The van der Waals surface area contributed by atoms with Crippen LogP contribution in [0.15, 0.2) is 78.9 Å². The highest BCUT2D eigenvalue weighted by molar-refractivity contribution is 5.88. The number of carbonyl (C=O) groups excluding carboxylic acids is 2. The molecule has 5 nitrogen and oxygen atoms in total. The Bertz CT molecular complexity index is 1130. The van der Waals surface area contributed by atoms with Crippen molar-refractivity contribution < 1.29 is 14.3 Å². The summed E-state index contributed by atoms with van der Waals surface area (Å²) in [5, 5.41) is 3.07. The van der Waals surface area contributed by atoms with Crippen molar-refractivity contribution in [2.75, 3.05) is 13.2 Å². The van der Waals surface area contributed by atoms with E-state index in [2.05, 4.69) is 19.2 Å². The van der Waals surface area contributed by atoms with Gasteiger partial charge in [0.1, 0.15) is 11.8 Å². The lowest BCUT2D eigenvalue weighted by molar-refractivity contribution is -0.141. The molecule has 196 valence electrons. The number of hydrogen-bond donors (Lipinski definition) is 1. The molecule has 5 heteroatoms. The smallest absolute Gasteiger partial charge is 0.243 e. The van der Waals surface area contributed by atoms with Crippen LogP contribution >= 0.6 is 0 Å². The first-order valence-corrected chi connectivity index (χ1v) is 13.2. The fraction of sp³-hybridized carbons (Fsp3) is 0.375. The van der Waals surface area contributed by atoms with Crippen LogP contribution in [0.4, 0.5) is 0 Å². The van der Waals surface area contributed by atoms with E-state index in [9.17, 15) is 9.59 Å². The monoisotopic (exact) mass is 500 g/mol. The van der Waals surface area contributed by atoms with Gasteiger partial charge in [-0.1, -0.05) is 86.1 Å². The van der Waals surface area contributed by atoms with Crippen molar-refractivity contribution in [1.82, 2.24) is 10.2 Å². The first kappa shape index (κ1) is 28.0. The zero-order valence-electron chi connectivity index (χ0n) is 22.6. The molecule has 2 amide bonds. The van der Waals surface area contributed by atoms with Crippen molar-refractivity contribution in [2.24, 2.45) is 5.92 Å². The number of benzene rings is 3. The average molecular weight is 501 g/mol. The van der Waals surface area contributed by atoms with Crippen LogP contribution in [0, 0.1) is 19.8 Å². The Kier molecular flexibility index (Phi) is 10.8. The Balaban J connectivity index is 1.79. The maximum atomic E-state index is 13.7. The van der Waals surface area contributed by atoms with Gasteiger partial charge < -0.3 is 15.0 Å². The molecule has 1 N–H and O–H groups in total. The van der Waals surface area contributed by atoms with Crippen molar-refractivity contribution in [1.29, 1.82) is 0 Å². The second-order valence-electron chi connectivity index (χ2n) is 10.1. The molecule has 3 aromatic rings. The average Bonchev–Trinajstić information content (AvgIpc) is 2.89. The van der Waals surface area contributed by atoms with E-state index in [0.717, 1.165) is 22.4 Å². The highest BCUT2D eigenvalue weighted by Gasteiger charge is 2.30. The third-order valence-corrected chi connectivity index (χ3v) is 6.38. The molecule has 0 heterocycles. The zero-order chi connectivity index (χ0) is 26.6. The van der Waals surface area contributed by atoms with E-state index in [1.807, 2.05) is 92.7 Å². The lowest BCUT2D eigenvalue weighted by atomic mass is 10.0. The van der Waals surface area contributed by atoms with E-state index >= 15 is 0 Å². The molecule has 0 saturated carbocycles. The predicted molar refractivity (Wildman–Crippen MR) is 149 cm³/mol. The SMILES string of the molecule is Cc1ccc(OCCCC(=O)N(Cc2ccccc2C)[C@@H](Cc2ccccc2)C(=O)NCC(C)C)cc1. The molecule has 0 bridgehead atoms. The second kappa shape index (κ2) is 14.2. The van der Waals surface area contributed by atoms with Gasteiger partial charge in [-0.25, -0.2) is 0 Å². The maximum absolute atomic E-state index is 13.7. The van der Waals surface area contributed by atoms with Gasteiger partial charge in [0.25, 0.3) is 0 Å². The third-order valence-electron chi connectivity index (χ3n) is 6.38. The Morgan fingerprint density at radius 3 is 2.24 bits per heavy atom. The summed E-state index contributed by atoms with van der Waals surface area (Å²) in [5.74, 6) is 0.956. The van der Waals surface area contributed by atoms with Crippen molar-refractivity contribution in [3.8, 4) is 5.75 Å². The minimum Gasteiger partial charge on any atom is -0.494 e. The van der Waals surface area contributed by atoms with Crippen LogP contribution in [-0.4, -0.2) is 35.9 Å². The molecular weight excluding hydrogens is 460 g/mol. The quantitative estimate of drug-likeness (QED) is 0.298. The molecule has 3 aromatic carbocycles. The number of rotatable bonds is 13. The number of nitrogens with one attached hydrogen (secondary N) is 1. The summed E-state index contributed by atoms with van der Waals surface area (Å²) in [6.45, 7) is 9.61. The van der Waals surface area contributed by atoms with Gasteiger partial charge in [0.2, 0.25) is 11.8 Å². The van der Waals surface area contributed by atoms with E-state index in [1.54, 1.807) is 4.90 Å². The summed E-state index contributed by atoms with van der Waals surface area (Å²) in [6, 6.07) is 25.2. The molecule has 37 heavy (non-hydrogen) atoms. The first-order valence-electron chi connectivity index (χ1n) is 13.2. The molecule has 0 aliphatic rings. The third kappa shape index (κ3) is 9.09. The van der Waals surface area contributed by atoms with Crippen LogP contribution in [0.3, 0.4) is 0 Å². The molecule has 0 aliphatic carbocycles. The van der Waals surface area contributed by atoms with Gasteiger partial charge in [0.05, 0.1) is 6.61 Å². The summed E-state index contributed by atoms with van der Waals surface area (Å²) >= 11 is 0. The summed E-state index contributed by atoms with van der Waals surface area (Å²) in [7, 11) is 0. The maximum Gasteiger partial charge on any atom is 0.243 e. The number of amides is 2. The molecule has 0 aliphatic heterocycles. The van der Waals surface area contributed by atoms with Crippen LogP contribution in [0.5, 0.6) is 5.75 Å². The Labute approximate surface area is 221 Å². The Morgan fingerprint density at radius 2 is 1.57 bits per heavy atom. The number of nitrogens with zero attached hydrogens (tertiary/aromatic N) is 1. The van der Waals surface area contributed by atoms with Gasteiger partial charge in [0, 0.05) is 25.9 Å². The molecule has 0 spiro atoms. The van der Waals surface area contributed by atoms with Crippen molar-refractivity contribution in [3.05, 3.63) is 101 Å². The van der Waals surface area contributed by atoms with Crippen LogP contribution < -0.4 is 10.1 Å². The number of hydrogen-bond acceptors (Lipinski definition) is 3. The normalized spacial score (nSPS) is 11.7. The molecule has 3 rings (SSSR count). The fourth-order valence-corrected chi connectivity index (χ4v) is 4.14. The highest BCUT2D eigenvalue weighted by atomic mass is 16.5. The Hall–Kier alpha value is -3.60. The Morgan fingerprint density at radius 1 is 0.892 bits per heavy atom. The van der Waals surface area contributed by atoms with Gasteiger partial charge in [-0.2, -0.15) is 0 Å². The minimum absolute atomic E-state index is 0.0450. The molecule has 0 aromatic heterocycles. The highest BCUT2D eigenvalue weighted by Crippen LogP contribution is 2.19. The van der Waals surface area contributed by atoms with E-state index in [1.165, 1.54) is 5.56 Å². The van der Waals surface area contributed by atoms with Crippen LogP contribution in [0.25, 0.3) is 0 Å². The molecule has 0 fully saturated rings. The summed E-state index contributed by atoms with van der Waals surface area (Å²) < 4.78 is 5.85. The van der Waals surface area contributed by atoms with Crippen LogP contribution in [0.2, 0.25) is 0 Å². The van der Waals surface area contributed by atoms with Crippen molar-refractivity contribution in [3.63, 3.8) is 0 Å². The fourth-order valence-electron chi connectivity index (χ4n) is 4.14. The first-order chi connectivity index (χ1) is 17.8. The van der Waals surface area contributed by atoms with Crippen LogP contribution in [-0.2, 0) is 22.6 Å². The number of carbonyl (C=O) groups is 2. The molecular formula is C32H40N2O3.